The molecule has 0 saturated heterocycles. The van der Waals surface area contributed by atoms with Crippen LogP contribution in [-0.2, 0) is 11.3 Å². The van der Waals surface area contributed by atoms with Crippen LogP contribution in [0, 0.1) is 5.82 Å². The van der Waals surface area contributed by atoms with Gasteiger partial charge in [0.2, 0.25) is 5.91 Å². The first-order valence-corrected chi connectivity index (χ1v) is 6.23. The van der Waals surface area contributed by atoms with E-state index >= 15 is 0 Å². The van der Waals surface area contributed by atoms with Crippen LogP contribution in [0.1, 0.15) is 18.9 Å². The third-order valence-corrected chi connectivity index (χ3v) is 2.81. The Morgan fingerprint density at radius 3 is 3.00 bits per heavy atom. The minimum Gasteiger partial charge on any atom is -0.308 e. The molecule has 19 heavy (non-hydrogen) atoms. The molecule has 1 N–H and O–H groups in total. The Bertz CT molecular complexity index is 597. The number of hydrogen-bond donors (Lipinski definition) is 1. The highest BCUT2D eigenvalue weighted by atomic mass is 35.5. The molecule has 6 heteroatoms. The van der Waals surface area contributed by atoms with Gasteiger partial charge in [0.05, 0.1) is 6.54 Å². The molecule has 0 bridgehead atoms. The smallest absolute Gasteiger partial charge is 0.225 e. The number of aromatic nitrogens is 2. The maximum Gasteiger partial charge on any atom is 0.225 e. The second-order valence-electron chi connectivity index (χ2n) is 4.05. The van der Waals surface area contributed by atoms with Gasteiger partial charge >= 0.3 is 0 Å². The molecule has 100 valence electrons. The molecule has 1 aromatic carbocycles. The Kier molecular flexibility index (Phi) is 4.16. The lowest BCUT2D eigenvalue weighted by atomic mass is 10.2. The highest BCUT2D eigenvalue weighted by Crippen LogP contribution is 2.20. The van der Waals surface area contributed by atoms with E-state index < -0.39 is 0 Å². The summed E-state index contributed by atoms with van der Waals surface area (Å²) in [5, 5.41) is 7.11. The first-order valence-electron chi connectivity index (χ1n) is 5.85. The van der Waals surface area contributed by atoms with E-state index in [1.165, 1.54) is 12.1 Å². The standard InChI is InChI=1S/C13H13ClFN3O/c1-2-12(19)16-13-11(14)8-18(17-13)7-9-4-3-5-10(15)6-9/h3-6,8H,2,7H2,1H3,(H,16,17,19). The molecular weight excluding hydrogens is 269 g/mol. The van der Waals surface area contributed by atoms with Gasteiger partial charge in [-0.25, -0.2) is 4.39 Å². The summed E-state index contributed by atoms with van der Waals surface area (Å²) in [7, 11) is 0. The topological polar surface area (TPSA) is 46.9 Å². The average Bonchev–Trinajstić information content (AvgIpc) is 2.69. The van der Waals surface area contributed by atoms with Crippen LogP contribution < -0.4 is 5.32 Å². The Morgan fingerprint density at radius 2 is 2.32 bits per heavy atom. The van der Waals surface area contributed by atoms with Crippen molar-refractivity contribution >= 4 is 23.3 Å². The summed E-state index contributed by atoms with van der Waals surface area (Å²) in [5.41, 5.74) is 0.771. The third kappa shape index (κ3) is 3.54. The fourth-order valence-corrected chi connectivity index (χ4v) is 1.80. The maximum absolute atomic E-state index is 13.1. The van der Waals surface area contributed by atoms with E-state index in [4.69, 9.17) is 11.6 Å². The van der Waals surface area contributed by atoms with E-state index in [1.54, 1.807) is 29.9 Å². The number of halogens is 2. The van der Waals surface area contributed by atoms with E-state index in [0.717, 1.165) is 5.56 Å². The highest BCUT2D eigenvalue weighted by Gasteiger charge is 2.09. The average molecular weight is 282 g/mol. The molecule has 0 aliphatic carbocycles. The minimum atomic E-state index is -0.296. The molecule has 0 spiro atoms. The molecule has 0 fully saturated rings. The normalized spacial score (nSPS) is 10.5. The number of benzene rings is 1. The SMILES string of the molecule is CCC(=O)Nc1nn(Cc2cccc(F)c2)cc1Cl. The lowest BCUT2D eigenvalue weighted by molar-refractivity contribution is -0.115. The number of rotatable bonds is 4. The Balaban J connectivity index is 2.14. The second-order valence-corrected chi connectivity index (χ2v) is 4.46. The zero-order valence-electron chi connectivity index (χ0n) is 10.4. The van der Waals surface area contributed by atoms with Crippen molar-refractivity contribution < 1.29 is 9.18 Å². The maximum atomic E-state index is 13.1. The summed E-state index contributed by atoms with van der Waals surface area (Å²) >= 11 is 5.97. The van der Waals surface area contributed by atoms with E-state index in [1.807, 2.05) is 0 Å². The van der Waals surface area contributed by atoms with Crippen molar-refractivity contribution in [1.29, 1.82) is 0 Å². The molecule has 4 nitrogen and oxygen atoms in total. The number of nitrogens with zero attached hydrogens (tertiary/aromatic N) is 2. The number of amides is 1. The summed E-state index contributed by atoms with van der Waals surface area (Å²) in [6, 6.07) is 6.24. The third-order valence-electron chi connectivity index (χ3n) is 2.53. The Labute approximate surface area is 115 Å². The minimum absolute atomic E-state index is 0.155. The number of anilines is 1. The van der Waals surface area contributed by atoms with E-state index in [-0.39, 0.29) is 11.7 Å². The molecule has 0 atom stereocenters. The zero-order chi connectivity index (χ0) is 13.8. The van der Waals surface area contributed by atoms with Gasteiger partial charge in [-0.1, -0.05) is 30.7 Å². The fraction of sp³-hybridized carbons (Fsp3) is 0.231. The van der Waals surface area contributed by atoms with Crippen molar-refractivity contribution in [2.24, 2.45) is 0 Å². The van der Waals surface area contributed by atoms with Crippen LogP contribution in [-0.4, -0.2) is 15.7 Å². The lowest BCUT2D eigenvalue weighted by Gasteiger charge is -2.02. The summed E-state index contributed by atoms with van der Waals surface area (Å²) < 4.78 is 14.6. The van der Waals surface area contributed by atoms with Crippen LogP contribution in [0.5, 0.6) is 0 Å². The molecule has 0 aliphatic heterocycles. The number of carbonyl (C=O) groups is 1. The molecule has 1 heterocycles. The molecule has 0 radical (unpaired) electrons. The van der Waals surface area contributed by atoms with Crippen LogP contribution in [0.15, 0.2) is 30.5 Å². The van der Waals surface area contributed by atoms with Gasteiger partial charge in [-0.05, 0) is 17.7 Å². The molecular formula is C13H13ClFN3O. The van der Waals surface area contributed by atoms with E-state index in [2.05, 4.69) is 10.4 Å². The molecule has 1 amide bonds. The molecule has 0 unspecified atom stereocenters. The Morgan fingerprint density at radius 1 is 1.53 bits per heavy atom. The van der Waals surface area contributed by atoms with Crippen LogP contribution in [0.4, 0.5) is 10.2 Å². The zero-order valence-corrected chi connectivity index (χ0v) is 11.1. The van der Waals surface area contributed by atoms with Gasteiger partial charge in [0.15, 0.2) is 5.82 Å². The van der Waals surface area contributed by atoms with E-state index in [9.17, 15) is 9.18 Å². The number of nitrogens with one attached hydrogen (secondary N) is 1. The molecule has 0 saturated carbocycles. The Hall–Kier alpha value is -1.88. The highest BCUT2D eigenvalue weighted by molar-refractivity contribution is 6.33. The molecule has 0 aliphatic rings. The second kappa shape index (κ2) is 5.84. The van der Waals surface area contributed by atoms with Crippen molar-refractivity contribution in [2.75, 3.05) is 5.32 Å². The number of carbonyl (C=O) groups excluding carboxylic acids is 1. The van der Waals surface area contributed by atoms with Gasteiger partial charge in [0.25, 0.3) is 0 Å². The lowest BCUT2D eigenvalue weighted by Crippen LogP contribution is -2.11. The summed E-state index contributed by atoms with van der Waals surface area (Å²) in [4.78, 5) is 11.3. The van der Waals surface area contributed by atoms with Crippen molar-refractivity contribution in [3.8, 4) is 0 Å². The largest absolute Gasteiger partial charge is 0.308 e. The van der Waals surface area contributed by atoms with Crippen LogP contribution >= 0.6 is 11.6 Å². The van der Waals surface area contributed by atoms with Gasteiger partial charge in [-0.3, -0.25) is 9.48 Å². The van der Waals surface area contributed by atoms with Crippen molar-refractivity contribution in [3.63, 3.8) is 0 Å². The van der Waals surface area contributed by atoms with Crippen LogP contribution in [0.2, 0.25) is 5.02 Å². The van der Waals surface area contributed by atoms with Crippen molar-refractivity contribution in [2.45, 2.75) is 19.9 Å². The van der Waals surface area contributed by atoms with Gasteiger partial charge in [0, 0.05) is 12.6 Å². The quantitative estimate of drug-likeness (QED) is 0.936. The van der Waals surface area contributed by atoms with E-state index in [0.29, 0.717) is 23.8 Å². The predicted molar refractivity (Wildman–Crippen MR) is 71.7 cm³/mol. The van der Waals surface area contributed by atoms with Gasteiger partial charge in [-0.15, -0.1) is 0 Å². The monoisotopic (exact) mass is 281 g/mol. The first-order chi connectivity index (χ1) is 9.08. The molecule has 1 aromatic heterocycles. The van der Waals surface area contributed by atoms with Crippen molar-refractivity contribution in [3.05, 3.63) is 46.9 Å². The van der Waals surface area contributed by atoms with Gasteiger partial charge in [-0.2, -0.15) is 5.10 Å². The van der Waals surface area contributed by atoms with Crippen molar-refractivity contribution in [1.82, 2.24) is 9.78 Å². The summed E-state index contributed by atoms with van der Waals surface area (Å²) in [5.74, 6) is -0.127. The predicted octanol–water partition coefficient (Wildman–Crippen LogP) is 3.07. The fourth-order valence-electron chi connectivity index (χ4n) is 1.61. The van der Waals surface area contributed by atoms with Gasteiger partial charge < -0.3 is 5.32 Å². The molecule has 2 aromatic rings. The number of hydrogen-bond acceptors (Lipinski definition) is 2. The molecule has 2 rings (SSSR count). The van der Waals surface area contributed by atoms with Gasteiger partial charge in [0.1, 0.15) is 10.8 Å². The summed E-state index contributed by atoms with van der Waals surface area (Å²) in [6.45, 7) is 2.13. The van der Waals surface area contributed by atoms with Crippen LogP contribution in [0.25, 0.3) is 0 Å². The summed E-state index contributed by atoms with van der Waals surface area (Å²) in [6.07, 6.45) is 1.95. The first kappa shape index (κ1) is 13.5. The van der Waals surface area contributed by atoms with Crippen LogP contribution in [0.3, 0.4) is 0 Å².